The van der Waals surface area contributed by atoms with E-state index in [4.69, 9.17) is 22.4 Å². The molecular weight excluding hydrogens is 214 g/mol. The maximum absolute atomic E-state index is 10.6. The van der Waals surface area contributed by atoms with E-state index in [1.54, 1.807) is 6.07 Å². The molecule has 3 N–H and O–H groups in total. The highest BCUT2D eigenvalue weighted by atomic mass is 35.5. The molecule has 1 aromatic carbocycles. The third-order valence-corrected chi connectivity index (χ3v) is 2.64. The first-order valence-electron chi connectivity index (χ1n) is 4.72. The van der Waals surface area contributed by atoms with Crippen LogP contribution in [-0.4, -0.2) is 17.6 Å². The van der Waals surface area contributed by atoms with Crippen molar-refractivity contribution in [2.45, 2.75) is 19.3 Å². The Morgan fingerprint density at radius 1 is 1.60 bits per heavy atom. The van der Waals surface area contributed by atoms with Crippen LogP contribution < -0.4 is 5.73 Å². The van der Waals surface area contributed by atoms with E-state index in [2.05, 4.69) is 0 Å². The number of hydrogen-bond donors (Lipinski definition) is 2. The predicted molar refractivity (Wildman–Crippen MR) is 60.2 cm³/mol. The van der Waals surface area contributed by atoms with Crippen LogP contribution in [0.1, 0.15) is 23.5 Å². The van der Waals surface area contributed by atoms with Gasteiger partial charge in [0.2, 0.25) is 0 Å². The smallest absolute Gasteiger partial charge is 0.304 e. The van der Waals surface area contributed by atoms with E-state index >= 15 is 0 Å². The topological polar surface area (TPSA) is 63.3 Å². The van der Waals surface area contributed by atoms with Gasteiger partial charge in [0.05, 0.1) is 6.42 Å². The van der Waals surface area contributed by atoms with Crippen molar-refractivity contribution in [2.24, 2.45) is 5.73 Å². The first kappa shape index (κ1) is 12.0. The van der Waals surface area contributed by atoms with Crippen LogP contribution in [0.5, 0.6) is 0 Å². The zero-order valence-electron chi connectivity index (χ0n) is 8.53. The van der Waals surface area contributed by atoms with E-state index in [0.717, 1.165) is 11.1 Å². The van der Waals surface area contributed by atoms with Crippen molar-refractivity contribution in [1.82, 2.24) is 0 Å². The fourth-order valence-corrected chi connectivity index (χ4v) is 1.78. The highest BCUT2D eigenvalue weighted by molar-refractivity contribution is 6.31. The number of aryl methyl sites for hydroxylation is 1. The lowest BCUT2D eigenvalue weighted by molar-refractivity contribution is -0.137. The Balaban J connectivity index is 3.00. The summed E-state index contributed by atoms with van der Waals surface area (Å²) in [5.74, 6) is -1.07. The molecule has 0 heterocycles. The van der Waals surface area contributed by atoms with Gasteiger partial charge in [-0.05, 0) is 25.1 Å². The van der Waals surface area contributed by atoms with Gasteiger partial charge in [-0.15, -0.1) is 0 Å². The maximum Gasteiger partial charge on any atom is 0.304 e. The Hall–Kier alpha value is -1.06. The van der Waals surface area contributed by atoms with Gasteiger partial charge in [-0.25, -0.2) is 0 Å². The van der Waals surface area contributed by atoms with Crippen LogP contribution in [0.2, 0.25) is 5.02 Å². The fraction of sp³-hybridized carbons (Fsp3) is 0.364. The van der Waals surface area contributed by atoms with Gasteiger partial charge in [0, 0.05) is 10.9 Å². The van der Waals surface area contributed by atoms with Crippen molar-refractivity contribution in [2.75, 3.05) is 6.54 Å². The number of benzene rings is 1. The van der Waals surface area contributed by atoms with Crippen molar-refractivity contribution >= 4 is 17.6 Å². The van der Waals surface area contributed by atoms with Crippen molar-refractivity contribution in [3.63, 3.8) is 0 Å². The van der Waals surface area contributed by atoms with Gasteiger partial charge < -0.3 is 10.8 Å². The Labute approximate surface area is 93.9 Å². The second-order valence-corrected chi connectivity index (χ2v) is 3.96. The van der Waals surface area contributed by atoms with Crippen molar-refractivity contribution in [3.8, 4) is 0 Å². The molecule has 0 aliphatic carbocycles. The van der Waals surface area contributed by atoms with Gasteiger partial charge >= 0.3 is 5.97 Å². The Morgan fingerprint density at radius 3 is 2.80 bits per heavy atom. The molecule has 1 atom stereocenters. The minimum absolute atomic E-state index is 0.0136. The molecule has 1 unspecified atom stereocenters. The molecule has 3 nitrogen and oxygen atoms in total. The molecule has 0 amide bonds. The molecule has 0 radical (unpaired) electrons. The quantitative estimate of drug-likeness (QED) is 0.829. The lowest BCUT2D eigenvalue weighted by Crippen LogP contribution is -2.16. The summed E-state index contributed by atoms with van der Waals surface area (Å²) in [4.78, 5) is 10.6. The molecule has 15 heavy (non-hydrogen) atoms. The Kier molecular flexibility index (Phi) is 4.12. The number of nitrogens with two attached hydrogens (primary N) is 1. The number of aliphatic carboxylic acids is 1. The standard InChI is InChI=1S/C11H14ClNO2/c1-7-2-3-10(12)9(4-7)8(6-13)5-11(14)15/h2-4,8H,5-6,13H2,1H3,(H,14,15). The van der Waals surface area contributed by atoms with Gasteiger partial charge in [-0.3, -0.25) is 4.79 Å². The zero-order chi connectivity index (χ0) is 11.4. The largest absolute Gasteiger partial charge is 0.481 e. The van der Waals surface area contributed by atoms with Crippen LogP contribution in [0.25, 0.3) is 0 Å². The number of halogens is 1. The van der Waals surface area contributed by atoms with E-state index in [0.29, 0.717) is 5.02 Å². The second-order valence-electron chi connectivity index (χ2n) is 3.56. The Morgan fingerprint density at radius 2 is 2.27 bits per heavy atom. The number of carboxylic acids is 1. The van der Waals surface area contributed by atoms with Crippen molar-refractivity contribution in [3.05, 3.63) is 34.3 Å². The van der Waals surface area contributed by atoms with Crippen LogP contribution in [0.4, 0.5) is 0 Å². The molecule has 0 aliphatic rings. The number of hydrogen-bond acceptors (Lipinski definition) is 2. The third kappa shape index (κ3) is 3.22. The second kappa shape index (κ2) is 5.14. The summed E-state index contributed by atoms with van der Waals surface area (Å²) in [7, 11) is 0. The van der Waals surface area contributed by atoms with E-state index in [-0.39, 0.29) is 18.9 Å². The lowest BCUT2D eigenvalue weighted by Gasteiger charge is -2.15. The Bertz CT molecular complexity index is 366. The summed E-state index contributed by atoms with van der Waals surface area (Å²) < 4.78 is 0. The molecule has 0 saturated heterocycles. The third-order valence-electron chi connectivity index (χ3n) is 2.30. The molecule has 4 heteroatoms. The van der Waals surface area contributed by atoms with Crippen molar-refractivity contribution < 1.29 is 9.90 Å². The van der Waals surface area contributed by atoms with E-state index in [1.165, 1.54) is 0 Å². The molecule has 0 fully saturated rings. The van der Waals surface area contributed by atoms with Gasteiger partial charge in [0.25, 0.3) is 0 Å². The summed E-state index contributed by atoms with van der Waals surface area (Å²) in [6.07, 6.45) is 0.0136. The molecule has 0 aromatic heterocycles. The van der Waals surface area contributed by atoms with E-state index in [9.17, 15) is 4.79 Å². The molecule has 1 aromatic rings. The zero-order valence-corrected chi connectivity index (χ0v) is 9.29. The summed E-state index contributed by atoms with van der Waals surface area (Å²) in [6.45, 7) is 2.23. The summed E-state index contributed by atoms with van der Waals surface area (Å²) in [6, 6.07) is 5.56. The first-order valence-corrected chi connectivity index (χ1v) is 5.10. The van der Waals surface area contributed by atoms with Crippen LogP contribution in [0, 0.1) is 6.92 Å². The first-order chi connectivity index (χ1) is 7.04. The van der Waals surface area contributed by atoms with E-state index < -0.39 is 5.97 Å². The normalized spacial score (nSPS) is 12.5. The van der Waals surface area contributed by atoms with Gasteiger partial charge in [-0.2, -0.15) is 0 Å². The molecule has 0 spiro atoms. The molecule has 0 aliphatic heterocycles. The van der Waals surface area contributed by atoms with Crippen LogP contribution in [-0.2, 0) is 4.79 Å². The van der Waals surface area contributed by atoms with Gasteiger partial charge in [0.1, 0.15) is 0 Å². The van der Waals surface area contributed by atoms with Gasteiger partial charge in [0.15, 0.2) is 0 Å². The van der Waals surface area contributed by atoms with Crippen LogP contribution >= 0.6 is 11.6 Å². The fourth-order valence-electron chi connectivity index (χ4n) is 1.51. The average Bonchev–Trinajstić information content (AvgIpc) is 2.18. The predicted octanol–water partition coefficient (Wildman–Crippen LogP) is 2.17. The lowest BCUT2D eigenvalue weighted by atomic mass is 9.94. The highest BCUT2D eigenvalue weighted by Crippen LogP contribution is 2.27. The van der Waals surface area contributed by atoms with Gasteiger partial charge in [-0.1, -0.05) is 29.3 Å². The minimum Gasteiger partial charge on any atom is -0.481 e. The molecular formula is C11H14ClNO2. The SMILES string of the molecule is Cc1ccc(Cl)c(C(CN)CC(=O)O)c1. The summed E-state index contributed by atoms with van der Waals surface area (Å²) in [5.41, 5.74) is 7.42. The molecule has 0 bridgehead atoms. The average molecular weight is 228 g/mol. The number of rotatable bonds is 4. The summed E-state index contributed by atoms with van der Waals surface area (Å²) >= 11 is 6.00. The van der Waals surface area contributed by atoms with E-state index in [1.807, 2.05) is 19.1 Å². The number of carboxylic acid groups (broad SMARTS) is 1. The highest BCUT2D eigenvalue weighted by Gasteiger charge is 2.16. The molecule has 1 rings (SSSR count). The molecule has 82 valence electrons. The molecule has 0 saturated carbocycles. The number of carbonyl (C=O) groups is 1. The van der Waals surface area contributed by atoms with Crippen LogP contribution in [0.15, 0.2) is 18.2 Å². The van der Waals surface area contributed by atoms with Crippen molar-refractivity contribution in [1.29, 1.82) is 0 Å². The minimum atomic E-state index is -0.858. The monoisotopic (exact) mass is 227 g/mol. The summed E-state index contributed by atoms with van der Waals surface area (Å²) in [5, 5.41) is 9.32. The van der Waals surface area contributed by atoms with Crippen LogP contribution in [0.3, 0.4) is 0 Å². The maximum atomic E-state index is 10.6.